The highest BCUT2D eigenvalue weighted by Crippen LogP contribution is 2.21. The third kappa shape index (κ3) is 3.10. The van der Waals surface area contributed by atoms with Gasteiger partial charge in [0.25, 0.3) is 0 Å². The first-order valence-corrected chi connectivity index (χ1v) is 8.11. The van der Waals surface area contributed by atoms with Crippen molar-refractivity contribution in [3.63, 3.8) is 0 Å². The van der Waals surface area contributed by atoms with Gasteiger partial charge in [-0.2, -0.15) is 0 Å². The molecule has 0 radical (unpaired) electrons. The van der Waals surface area contributed by atoms with Crippen molar-refractivity contribution in [1.82, 2.24) is 9.71 Å². The molecule has 102 valence electrons. The van der Waals surface area contributed by atoms with Gasteiger partial charge in [0.1, 0.15) is 9.77 Å². The molecule has 0 saturated heterocycles. The Morgan fingerprint density at radius 2 is 2.16 bits per heavy atom. The van der Waals surface area contributed by atoms with Crippen molar-refractivity contribution in [3.05, 3.63) is 37.1 Å². The van der Waals surface area contributed by atoms with Crippen molar-refractivity contribution in [2.45, 2.75) is 11.4 Å². The number of carboxylic acids is 1. The number of rotatable bonds is 5. The van der Waals surface area contributed by atoms with Gasteiger partial charge in [-0.15, -0.1) is 11.3 Å². The number of aromatic amines is 1. The normalized spacial score (nSPS) is 11.6. The van der Waals surface area contributed by atoms with Crippen LogP contribution in [0.1, 0.15) is 15.4 Å². The van der Waals surface area contributed by atoms with E-state index in [2.05, 4.69) is 9.71 Å². The molecule has 7 nitrogen and oxygen atoms in total. The van der Waals surface area contributed by atoms with Crippen LogP contribution in [0.15, 0.2) is 26.5 Å². The molecule has 0 aliphatic heterocycles. The average Bonchev–Trinajstić information content (AvgIpc) is 2.94. The van der Waals surface area contributed by atoms with Crippen molar-refractivity contribution in [3.8, 4) is 0 Å². The van der Waals surface area contributed by atoms with E-state index in [9.17, 15) is 18.0 Å². The number of hydrogen-bond acceptors (Lipinski definition) is 6. The van der Waals surface area contributed by atoms with Crippen LogP contribution >= 0.6 is 22.7 Å². The van der Waals surface area contributed by atoms with E-state index in [4.69, 9.17) is 5.11 Å². The molecule has 10 heteroatoms. The van der Waals surface area contributed by atoms with Crippen LogP contribution in [0, 0.1) is 0 Å². The first-order chi connectivity index (χ1) is 8.90. The Hall–Kier alpha value is -1.49. The lowest BCUT2D eigenvalue weighted by atomic mass is 10.5. The Kier molecular flexibility index (Phi) is 3.85. The van der Waals surface area contributed by atoms with E-state index < -0.39 is 16.0 Å². The first kappa shape index (κ1) is 13.9. The van der Waals surface area contributed by atoms with Crippen molar-refractivity contribution in [1.29, 1.82) is 0 Å². The highest BCUT2D eigenvalue weighted by atomic mass is 32.2. The van der Waals surface area contributed by atoms with Gasteiger partial charge in [-0.1, -0.05) is 11.3 Å². The zero-order valence-electron chi connectivity index (χ0n) is 9.24. The number of carbonyl (C=O) groups is 1. The predicted molar refractivity (Wildman–Crippen MR) is 70.2 cm³/mol. The SMILES string of the molecule is O=C(O)c1sccc1S(=O)(=O)NCc1csc(=O)[nH]1. The Bertz CT molecular complexity index is 755. The topological polar surface area (TPSA) is 116 Å². The molecule has 0 aromatic carbocycles. The number of aromatic carboxylic acids is 1. The second-order valence-electron chi connectivity index (χ2n) is 3.42. The van der Waals surface area contributed by atoms with Crippen LogP contribution in [0.3, 0.4) is 0 Å². The lowest BCUT2D eigenvalue weighted by Gasteiger charge is -2.04. The molecule has 0 fully saturated rings. The zero-order valence-corrected chi connectivity index (χ0v) is 11.7. The summed E-state index contributed by atoms with van der Waals surface area (Å²) in [4.78, 5) is 23.4. The fraction of sp³-hybridized carbons (Fsp3) is 0.111. The fourth-order valence-electron chi connectivity index (χ4n) is 1.32. The second-order valence-corrected chi connectivity index (χ2v) is 6.91. The smallest absolute Gasteiger partial charge is 0.347 e. The summed E-state index contributed by atoms with van der Waals surface area (Å²) in [6, 6.07) is 1.23. The van der Waals surface area contributed by atoms with Crippen molar-refractivity contribution in [2.75, 3.05) is 0 Å². The summed E-state index contributed by atoms with van der Waals surface area (Å²) in [7, 11) is -3.92. The molecule has 0 atom stereocenters. The minimum atomic E-state index is -3.92. The molecule has 0 saturated carbocycles. The Morgan fingerprint density at radius 1 is 1.42 bits per heavy atom. The number of H-pyrrole nitrogens is 1. The van der Waals surface area contributed by atoms with Crippen LogP contribution in [0.25, 0.3) is 0 Å². The Morgan fingerprint density at radius 3 is 2.74 bits per heavy atom. The van der Waals surface area contributed by atoms with E-state index in [0.29, 0.717) is 5.69 Å². The van der Waals surface area contributed by atoms with Gasteiger partial charge in [-0.05, 0) is 11.4 Å². The maximum absolute atomic E-state index is 11.9. The van der Waals surface area contributed by atoms with Gasteiger partial charge in [-0.25, -0.2) is 17.9 Å². The summed E-state index contributed by atoms with van der Waals surface area (Å²) in [5.41, 5.74) is 0.422. The monoisotopic (exact) mass is 320 g/mol. The third-order valence-corrected chi connectivity index (χ3v) is 5.33. The van der Waals surface area contributed by atoms with Gasteiger partial charge >= 0.3 is 10.8 Å². The molecule has 0 aliphatic rings. The highest BCUT2D eigenvalue weighted by molar-refractivity contribution is 7.89. The van der Waals surface area contributed by atoms with Gasteiger partial charge < -0.3 is 10.1 Å². The molecule has 2 rings (SSSR count). The number of aromatic nitrogens is 1. The lowest BCUT2D eigenvalue weighted by Crippen LogP contribution is -2.24. The number of hydrogen-bond donors (Lipinski definition) is 3. The standard InChI is InChI=1S/C9H8N2O5S3/c12-8(13)7-6(1-2-17-7)19(15,16)10-3-5-4-18-9(14)11-5/h1-2,4,10H,3H2,(H,11,14)(H,12,13). The predicted octanol–water partition coefficient (Wildman–Crippen LogP) is 0.675. The minimum absolute atomic E-state index is 0.101. The molecule has 0 amide bonds. The van der Waals surface area contributed by atoms with Crippen LogP contribution < -0.4 is 9.60 Å². The second kappa shape index (κ2) is 5.25. The van der Waals surface area contributed by atoms with Crippen LogP contribution in [-0.2, 0) is 16.6 Å². The van der Waals surface area contributed by atoms with Crippen LogP contribution in [0.2, 0.25) is 0 Å². The first-order valence-electron chi connectivity index (χ1n) is 4.87. The number of carboxylic acid groups (broad SMARTS) is 1. The molecule has 0 spiro atoms. The molecule has 0 unspecified atom stereocenters. The summed E-state index contributed by atoms with van der Waals surface area (Å²) in [5.74, 6) is -1.29. The van der Waals surface area contributed by atoms with E-state index in [1.165, 1.54) is 16.8 Å². The Labute approximate surface area is 115 Å². The molecular weight excluding hydrogens is 312 g/mol. The zero-order chi connectivity index (χ0) is 14.0. The van der Waals surface area contributed by atoms with Gasteiger partial charge in [-0.3, -0.25) is 4.79 Å². The fourth-order valence-corrected chi connectivity index (χ4v) is 4.16. The molecule has 0 bridgehead atoms. The van der Waals surface area contributed by atoms with Crippen molar-refractivity contribution in [2.24, 2.45) is 0 Å². The highest BCUT2D eigenvalue weighted by Gasteiger charge is 2.23. The quantitative estimate of drug-likeness (QED) is 0.749. The van der Waals surface area contributed by atoms with Gasteiger partial charge in [0.2, 0.25) is 10.0 Å². The van der Waals surface area contributed by atoms with Crippen molar-refractivity contribution < 1.29 is 18.3 Å². The summed E-state index contributed by atoms with van der Waals surface area (Å²) >= 11 is 1.76. The molecule has 19 heavy (non-hydrogen) atoms. The summed E-state index contributed by atoms with van der Waals surface area (Å²) in [6.45, 7) is -0.101. The van der Waals surface area contributed by atoms with Gasteiger partial charge in [0, 0.05) is 11.1 Å². The third-order valence-electron chi connectivity index (χ3n) is 2.14. The maximum Gasteiger partial charge on any atom is 0.347 e. The van der Waals surface area contributed by atoms with Gasteiger partial charge in [0.15, 0.2) is 0 Å². The number of thiazole rings is 1. The average molecular weight is 320 g/mol. The summed E-state index contributed by atoms with van der Waals surface area (Å²) in [5, 5.41) is 11.8. The van der Waals surface area contributed by atoms with E-state index in [1.807, 2.05) is 0 Å². The molecule has 3 N–H and O–H groups in total. The number of sulfonamides is 1. The van der Waals surface area contributed by atoms with Crippen LogP contribution in [0.4, 0.5) is 0 Å². The summed E-state index contributed by atoms with van der Waals surface area (Å²) in [6.07, 6.45) is 0. The Balaban J connectivity index is 2.21. The minimum Gasteiger partial charge on any atom is -0.477 e. The van der Waals surface area contributed by atoms with Gasteiger partial charge in [0.05, 0.1) is 6.54 Å². The van der Waals surface area contributed by atoms with E-state index >= 15 is 0 Å². The maximum atomic E-state index is 11.9. The molecule has 2 heterocycles. The molecule has 2 aromatic rings. The van der Waals surface area contributed by atoms with E-state index in [0.717, 1.165) is 22.7 Å². The summed E-state index contributed by atoms with van der Waals surface area (Å²) < 4.78 is 26.1. The van der Waals surface area contributed by atoms with E-state index in [-0.39, 0.29) is 21.2 Å². The van der Waals surface area contributed by atoms with E-state index in [1.54, 1.807) is 0 Å². The number of nitrogens with one attached hydrogen (secondary N) is 2. The molecule has 2 aromatic heterocycles. The number of thiophene rings is 1. The van der Waals surface area contributed by atoms with Crippen molar-refractivity contribution >= 4 is 38.7 Å². The molecule has 0 aliphatic carbocycles. The van der Waals surface area contributed by atoms with Crippen LogP contribution in [-0.4, -0.2) is 24.5 Å². The lowest BCUT2D eigenvalue weighted by molar-refractivity contribution is 0.0698. The van der Waals surface area contributed by atoms with Crippen LogP contribution in [0.5, 0.6) is 0 Å². The molecular formula is C9H8N2O5S3. The largest absolute Gasteiger partial charge is 0.477 e.